The van der Waals surface area contributed by atoms with Crippen LogP contribution in [0.15, 0.2) is 22.6 Å². The zero-order valence-corrected chi connectivity index (χ0v) is 12.1. The Kier molecular flexibility index (Phi) is 3.24. The molecule has 5 heteroatoms. The molecular weight excluding hydrogens is 273 g/mol. The van der Waals surface area contributed by atoms with Gasteiger partial charge in [0.15, 0.2) is 17.2 Å². The van der Waals surface area contributed by atoms with Crippen LogP contribution in [0.5, 0.6) is 0 Å². The number of halogens is 1. The third kappa shape index (κ3) is 2.42. The van der Waals surface area contributed by atoms with E-state index in [9.17, 15) is 14.3 Å². The fourth-order valence-corrected chi connectivity index (χ4v) is 2.95. The first-order chi connectivity index (χ1) is 9.89. The van der Waals surface area contributed by atoms with Gasteiger partial charge in [0.2, 0.25) is 0 Å². The first-order valence-electron chi connectivity index (χ1n) is 7.08. The SMILES string of the molecule is Cc1c(C(=O)N2CCCC(C)(O)C2)oc2c(F)cccc12. The Morgan fingerprint density at radius 1 is 1.48 bits per heavy atom. The second kappa shape index (κ2) is 4.84. The van der Waals surface area contributed by atoms with Crippen LogP contribution in [0, 0.1) is 12.7 Å². The molecule has 3 rings (SSSR count). The summed E-state index contributed by atoms with van der Waals surface area (Å²) in [5.74, 6) is -0.601. The fraction of sp³-hybridized carbons (Fsp3) is 0.438. The van der Waals surface area contributed by atoms with Gasteiger partial charge in [0.05, 0.1) is 5.60 Å². The van der Waals surface area contributed by atoms with E-state index < -0.39 is 11.4 Å². The Morgan fingerprint density at radius 3 is 2.90 bits per heavy atom. The largest absolute Gasteiger partial charge is 0.448 e. The Labute approximate surface area is 122 Å². The van der Waals surface area contributed by atoms with Gasteiger partial charge in [-0.25, -0.2) is 4.39 Å². The molecule has 0 bridgehead atoms. The van der Waals surface area contributed by atoms with Crippen LogP contribution in [0.3, 0.4) is 0 Å². The second-order valence-electron chi connectivity index (χ2n) is 6.00. The minimum atomic E-state index is -0.876. The highest BCUT2D eigenvalue weighted by Gasteiger charge is 2.33. The Hall–Kier alpha value is -1.88. The molecule has 1 saturated heterocycles. The van der Waals surface area contributed by atoms with Gasteiger partial charge in [-0.05, 0) is 32.8 Å². The molecule has 1 aromatic carbocycles. The topological polar surface area (TPSA) is 53.7 Å². The number of β-amino-alcohol motifs (C(OH)–C–C–N with tert-alkyl or cyclic N) is 1. The predicted molar refractivity (Wildman–Crippen MR) is 76.7 cm³/mol. The molecule has 2 heterocycles. The summed E-state index contributed by atoms with van der Waals surface area (Å²) in [4.78, 5) is 14.2. The number of para-hydroxylation sites is 1. The molecule has 0 saturated carbocycles. The van der Waals surface area contributed by atoms with Crippen LogP contribution in [-0.2, 0) is 0 Å². The monoisotopic (exact) mass is 291 g/mol. The number of carbonyl (C=O) groups excluding carboxylic acids is 1. The van der Waals surface area contributed by atoms with E-state index in [-0.39, 0.29) is 23.8 Å². The molecule has 1 amide bonds. The summed E-state index contributed by atoms with van der Waals surface area (Å²) in [6.07, 6.45) is 1.41. The number of carbonyl (C=O) groups is 1. The molecule has 0 aliphatic carbocycles. The number of amides is 1. The van der Waals surface area contributed by atoms with E-state index >= 15 is 0 Å². The molecule has 0 radical (unpaired) electrons. The molecule has 112 valence electrons. The number of fused-ring (bicyclic) bond motifs is 1. The highest BCUT2D eigenvalue weighted by atomic mass is 19.1. The van der Waals surface area contributed by atoms with Gasteiger partial charge in [-0.1, -0.05) is 12.1 Å². The summed E-state index contributed by atoms with van der Waals surface area (Å²) < 4.78 is 19.2. The summed E-state index contributed by atoms with van der Waals surface area (Å²) in [5.41, 5.74) is -0.124. The normalized spacial score (nSPS) is 22.8. The van der Waals surface area contributed by atoms with Crippen molar-refractivity contribution in [2.75, 3.05) is 13.1 Å². The third-order valence-corrected chi connectivity index (χ3v) is 4.07. The van der Waals surface area contributed by atoms with Crippen LogP contribution in [0.4, 0.5) is 4.39 Å². The Bertz CT molecular complexity index is 705. The lowest BCUT2D eigenvalue weighted by atomic mass is 9.95. The maximum absolute atomic E-state index is 13.7. The minimum absolute atomic E-state index is 0.113. The highest BCUT2D eigenvalue weighted by Crippen LogP contribution is 2.29. The summed E-state index contributed by atoms with van der Waals surface area (Å²) in [5, 5.41) is 10.7. The summed E-state index contributed by atoms with van der Waals surface area (Å²) in [7, 11) is 0. The summed E-state index contributed by atoms with van der Waals surface area (Å²) in [6, 6.07) is 4.64. The number of aliphatic hydroxyl groups is 1. The zero-order valence-electron chi connectivity index (χ0n) is 12.1. The van der Waals surface area contributed by atoms with Gasteiger partial charge in [0.25, 0.3) is 5.91 Å². The third-order valence-electron chi connectivity index (χ3n) is 4.07. The van der Waals surface area contributed by atoms with Crippen molar-refractivity contribution in [3.05, 3.63) is 35.3 Å². The lowest BCUT2D eigenvalue weighted by molar-refractivity contribution is -0.0117. The molecule has 0 spiro atoms. The van der Waals surface area contributed by atoms with Crippen LogP contribution < -0.4 is 0 Å². The number of aryl methyl sites for hydroxylation is 1. The van der Waals surface area contributed by atoms with E-state index in [0.717, 1.165) is 6.42 Å². The molecule has 2 aromatic rings. The van der Waals surface area contributed by atoms with Gasteiger partial charge < -0.3 is 14.4 Å². The van der Waals surface area contributed by atoms with Gasteiger partial charge in [-0.15, -0.1) is 0 Å². The Morgan fingerprint density at radius 2 is 2.24 bits per heavy atom. The van der Waals surface area contributed by atoms with Gasteiger partial charge in [0.1, 0.15) is 0 Å². The quantitative estimate of drug-likeness (QED) is 0.879. The number of likely N-dealkylation sites (tertiary alicyclic amines) is 1. The predicted octanol–water partition coefficient (Wildman–Crippen LogP) is 2.87. The molecule has 1 atom stereocenters. The van der Waals surface area contributed by atoms with Crippen molar-refractivity contribution in [1.29, 1.82) is 0 Å². The van der Waals surface area contributed by atoms with Crippen molar-refractivity contribution in [3.8, 4) is 0 Å². The van der Waals surface area contributed by atoms with Crippen molar-refractivity contribution in [3.63, 3.8) is 0 Å². The van der Waals surface area contributed by atoms with E-state index in [1.165, 1.54) is 6.07 Å². The van der Waals surface area contributed by atoms with Crippen molar-refractivity contribution < 1.29 is 18.7 Å². The number of benzene rings is 1. The Balaban J connectivity index is 1.98. The average molecular weight is 291 g/mol. The minimum Gasteiger partial charge on any atom is -0.448 e. The van der Waals surface area contributed by atoms with Gasteiger partial charge in [-0.2, -0.15) is 0 Å². The van der Waals surface area contributed by atoms with E-state index in [4.69, 9.17) is 4.42 Å². The molecule has 4 nitrogen and oxygen atoms in total. The lowest BCUT2D eigenvalue weighted by Gasteiger charge is -2.36. The molecule has 1 aromatic heterocycles. The van der Waals surface area contributed by atoms with Gasteiger partial charge in [0, 0.05) is 24.0 Å². The van der Waals surface area contributed by atoms with Crippen molar-refractivity contribution in [1.82, 2.24) is 4.90 Å². The van der Waals surface area contributed by atoms with Crippen LogP contribution in [0.1, 0.15) is 35.9 Å². The van der Waals surface area contributed by atoms with Crippen LogP contribution in [-0.4, -0.2) is 34.6 Å². The average Bonchev–Trinajstić information content (AvgIpc) is 2.76. The first kappa shape index (κ1) is 14.1. The molecular formula is C16H18FNO3. The number of rotatable bonds is 1. The van der Waals surface area contributed by atoms with E-state index in [0.29, 0.717) is 23.9 Å². The second-order valence-corrected chi connectivity index (χ2v) is 6.00. The number of hydrogen-bond donors (Lipinski definition) is 1. The fourth-order valence-electron chi connectivity index (χ4n) is 2.95. The van der Waals surface area contributed by atoms with Crippen molar-refractivity contribution >= 4 is 16.9 Å². The first-order valence-corrected chi connectivity index (χ1v) is 7.08. The van der Waals surface area contributed by atoms with Gasteiger partial charge >= 0.3 is 0 Å². The van der Waals surface area contributed by atoms with E-state index in [1.54, 1.807) is 30.9 Å². The number of nitrogens with zero attached hydrogens (tertiary/aromatic N) is 1. The van der Waals surface area contributed by atoms with Crippen LogP contribution in [0.25, 0.3) is 11.0 Å². The van der Waals surface area contributed by atoms with E-state index in [2.05, 4.69) is 0 Å². The van der Waals surface area contributed by atoms with Crippen molar-refractivity contribution in [2.24, 2.45) is 0 Å². The zero-order chi connectivity index (χ0) is 15.2. The number of hydrogen-bond acceptors (Lipinski definition) is 3. The molecule has 21 heavy (non-hydrogen) atoms. The van der Waals surface area contributed by atoms with Crippen molar-refractivity contribution in [2.45, 2.75) is 32.3 Å². The maximum Gasteiger partial charge on any atom is 0.289 e. The molecule has 1 aliphatic heterocycles. The van der Waals surface area contributed by atoms with Gasteiger partial charge in [-0.3, -0.25) is 4.79 Å². The van der Waals surface area contributed by atoms with Crippen LogP contribution in [0.2, 0.25) is 0 Å². The smallest absolute Gasteiger partial charge is 0.289 e. The lowest BCUT2D eigenvalue weighted by Crippen LogP contribution is -2.48. The highest BCUT2D eigenvalue weighted by molar-refractivity contribution is 5.99. The molecule has 1 fully saturated rings. The number of piperidine rings is 1. The molecule has 1 aliphatic rings. The summed E-state index contributed by atoms with van der Waals surface area (Å²) >= 11 is 0. The molecule has 1 unspecified atom stereocenters. The maximum atomic E-state index is 13.7. The van der Waals surface area contributed by atoms with E-state index in [1.807, 2.05) is 0 Å². The number of furan rings is 1. The molecule has 1 N–H and O–H groups in total. The standard InChI is InChI=1S/C16H18FNO3/c1-10-11-5-3-6-12(17)14(11)21-13(10)15(19)18-8-4-7-16(2,20)9-18/h3,5-6,20H,4,7-9H2,1-2H3. The summed E-state index contributed by atoms with van der Waals surface area (Å²) in [6.45, 7) is 4.32. The van der Waals surface area contributed by atoms with Crippen LogP contribution >= 0.6 is 0 Å².